The minimum absolute atomic E-state index is 0.0906. The van der Waals surface area contributed by atoms with Gasteiger partial charge >= 0.3 is 6.01 Å². The SMILES string of the molecule is COc1nccc(OC2CCCN(S(=O)(=O)c3c(C)nn(C(C)C)c3C)C2)n1. The predicted octanol–water partition coefficient (Wildman–Crippen LogP) is 2.11. The highest BCUT2D eigenvalue weighted by Crippen LogP contribution is 2.28. The summed E-state index contributed by atoms with van der Waals surface area (Å²) in [6, 6.07) is 1.94. The molecular formula is C18H27N5O4S. The average molecular weight is 410 g/mol. The molecule has 1 atom stereocenters. The number of hydrogen-bond acceptors (Lipinski definition) is 7. The molecule has 1 aliphatic rings. The smallest absolute Gasteiger partial charge is 0.319 e. The first-order valence-corrected chi connectivity index (χ1v) is 10.8. The number of ether oxygens (including phenoxy) is 2. The van der Waals surface area contributed by atoms with E-state index in [0.29, 0.717) is 35.1 Å². The molecular weight excluding hydrogens is 382 g/mol. The first-order chi connectivity index (χ1) is 13.2. The van der Waals surface area contributed by atoms with E-state index >= 15 is 0 Å². The predicted molar refractivity (Wildman–Crippen MR) is 103 cm³/mol. The highest BCUT2D eigenvalue weighted by Gasteiger charge is 2.35. The number of nitrogens with zero attached hydrogens (tertiary/aromatic N) is 5. The number of piperidine rings is 1. The van der Waals surface area contributed by atoms with Crippen LogP contribution in [0.1, 0.15) is 44.1 Å². The third-order valence-electron chi connectivity index (χ3n) is 4.76. The maximum atomic E-state index is 13.3. The molecule has 0 aromatic carbocycles. The van der Waals surface area contributed by atoms with Crippen molar-refractivity contribution in [3.05, 3.63) is 23.7 Å². The van der Waals surface area contributed by atoms with Crippen LogP contribution in [0.3, 0.4) is 0 Å². The van der Waals surface area contributed by atoms with E-state index in [1.165, 1.54) is 11.4 Å². The monoisotopic (exact) mass is 409 g/mol. The summed E-state index contributed by atoms with van der Waals surface area (Å²) in [7, 11) is -2.18. The van der Waals surface area contributed by atoms with Gasteiger partial charge in [0.05, 0.1) is 25.0 Å². The fourth-order valence-corrected chi connectivity index (χ4v) is 5.40. The van der Waals surface area contributed by atoms with E-state index in [-0.39, 0.29) is 24.7 Å². The van der Waals surface area contributed by atoms with Gasteiger partial charge in [0.15, 0.2) is 0 Å². The van der Waals surface area contributed by atoms with Crippen LogP contribution < -0.4 is 9.47 Å². The van der Waals surface area contributed by atoms with Gasteiger partial charge in [-0.15, -0.1) is 0 Å². The normalized spacial score (nSPS) is 18.4. The van der Waals surface area contributed by atoms with Crippen LogP contribution in [0.5, 0.6) is 11.9 Å². The van der Waals surface area contributed by atoms with Crippen LogP contribution in [0, 0.1) is 13.8 Å². The summed E-state index contributed by atoms with van der Waals surface area (Å²) < 4.78 is 40.8. The first-order valence-electron chi connectivity index (χ1n) is 9.33. The summed E-state index contributed by atoms with van der Waals surface area (Å²) in [5.41, 5.74) is 1.19. The second kappa shape index (κ2) is 8.04. The summed E-state index contributed by atoms with van der Waals surface area (Å²) in [5, 5.41) is 4.43. The third kappa shape index (κ3) is 3.97. The molecule has 28 heavy (non-hydrogen) atoms. The standard InChI is InChI=1S/C18H27N5O4S/c1-12(2)23-14(4)17(13(3)21-23)28(24,25)22-10-6-7-15(11-22)27-16-8-9-19-18(20-16)26-5/h8-9,12,15H,6-7,10-11H2,1-5H3. The summed E-state index contributed by atoms with van der Waals surface area (Å²) in [5.74, 6) is 0.371. The Morgan fingerprint density at radius 2 is 2.04 bits per heavy atom. The zero-order valence-electron chi connectivity index (χ0n) is 16.9. The van der Waals surface area contributed by atoms with Gasteiger partial charge in [0.25, 0.3) is 0 Å². The molecule has 3 heterocycles. The van der Waals surface area contributed by atoms with Gasteiger partial charge in [-0.3, -0.25) is 4.68 Å². The molecule has 0 amide bonds. The van der Waals surface area contributed by atoms with Gasteiger partial charge in [-0.1, -0.05) is 0 Å². The Labute approximate surface area is 165 Å². The molecule has 1 fully saturated rings. The molecule has 0 saturated carbocycles. The molecule has 0 aliphatic carbocycles. The molecule has 2 aromatic rings. The maximum absolute atomic E-state index is 13.3. The Balaban J connectivity index is 1.81. The van der Waals surface area contributed by atoms with Crippen LogP contribution in [-0.2, 0) is 10.0 Å². The molecule has 0 bridgehead atoms. The molecule has 9 nitrogen and oxygen atoms in total. The lowest BCUT2D eigenvalue weighted by atomic mass is 10.1. The highest BCUT2D eigenvalue weighted by molar-refractivity contribution is 7.89. The minimum atomic E-state index is -3.66. The van der Waals surface area contributed by atoms with Crippen molar-refractivity contribution in [1.82, 2.24) is 24.1 Å². The molecule has 0 spiro atoms. The largest absolute Gasteiger partial charge is 0.473 e. The quantitative estimate of drug-likeness (QED) is 0.720. The number of sulfonamides is 1. The summed E-state index contributed by atoms with van der Waals surface area (Å²) >= 11 is 0. The number of methoxy groups -OCH3 is 1. The van der Waals surface area contributed by atoms with Crippen LogP contribution in [-0.4, -0.2) is 58.8 Å². The number of hydrogen-bond donors (Lipinski definition) is 0. The Morgan fingerprint density at radius 1 is 1.29 bits per heavy atom. The van der Waals surface area contributed by atoms with Gasteiger partial charge < -0.3 is 9.47 Å². The van der Waals surface area contributed by atoms with Gasteiger partial charge in [-0.2, -0.15) is 14.4 Å². The lowest BCUT2D eigenvalue weighted by molar-refractivity contribution is 0.123. The lowest BCUT2D eigenvalue weighted by Gasteiger charge is -2.31. The van der Waals surface area contributed by atoms with E-state index in [2.05, 4.69) is 15.1 Å². The van der Waals surface area contributed by atoms with E-state index in [1.54, 1.807) is 30.8 Å². The van der Waals surface area contributed by atoms with Crippen LogP contribution in [0.2, 0.25) is 0 Å². The molecule has 154 valence electrons. The molecule has 10 heteroatoms. The lowest BCUT2D eigenvalue weighted by Crippen LogP contribution is -2.44. The second-order valence-corrected chi connectivity index (χ2v) is 9.04. The number of aromatic nitrogens is 4. The zero-order chi connectivity index (χ0) is 20.5. The van der Waals surface area contributed by atoms with Crippen molar-refractivity contribution >= 4 is 10.0 Å². The maximum Gasteiger partial charge on any atom is 0.319 e. The van der Waals surface area contributed by atoms with Gasteiger partial charge in [0.1, 0.15) is 11.0 Å². The van der Waals surface area contributed by atoms with Crippen molar-refractivity contribution in [2.24, 2.45) is 0 Å². The van der Waals surface area contributed by atoms with E-state index in [1.807, 2.05) is 13.8 Å². The van der Waals surface area contributed by atoms with Crippen LogP contribution in [0.4, 0.5) is 0 Å². The first kappa shape index (κ1) is 20.5. The molecule has 1 saturated heterocycles. The fourth-order valence-electron chi connectivity index (χ4n) is 3.53. The van der Waals surface area contributed by atoms with Crippen LogP contribution in [0.25, 0.3) is 0 Å². The average Bonchev–Trinajstić information content (AvgIpc) is 2.97. The van der Waals surface area contributed by atoms with E-state index in [0.717, 1.165) is 6.42 Å². The summed E-state index contributed by atoms with van der Waals surface area (Å²) in [4.78, 5) is 8.39. The van der Waals surface area contributed by atoms with Gasteiger partial charge in [-0.25, -0.2) is 13.4 Å². The van der Waals surface area contributed by atoms with Crippen LogP contribution >= 0.6 is 0 Å². The van der Waals surface area contributed by atoms with Crippen molar-refractivity contribution in [2.75, 3.05) is 20.2 Å². The topological polar surface area (TPSA) is 99.4 Å². The van der Waals surface area contributed by atoms with Crippen molar-refractivity contribution in [2.45, 2.75) is 57.6 Å². The Bertz CT molecular complexity index is 941. The minimum Gasteiger partial charge on any atom is -0.473 e. The Hall–Kier alpha value is -2.20. The van der Waals surface area contributed by atoms with Crippen LogP contribution in [0.15, 0.2) is 17.2 Å². The van der Waals surface area contributed by atoms with E-state index < -0.39 is 10.0 Å². The van der Waals surface area contributed by atoms with Gasteiger partial charge in [-0.05, 0) is 40.5 Å². The fraction of sp³-hybridized carbons (Fsp3) is 0.611. The van der Waals surface area contributed by atoms with Crippen molar-refractivity contribution in [3.8, 4) is 11.9 Å². The Morgan fingerprint density at radius 3 is 2.68 bits per heavy atom. The number of aryl methyl sites for hydroxylation is 1. The summed E-state index contributed by atoms with van der Waals surface area (Å²) in [6.07, 6.45) is 2.72. The summed E-state index contributed by atoms with van der Waals surface area (Å²) in [6.45, 7) is 8.23. The van der Waals surface area contributed by atoms with Crippen molar-refractivity contribution in [3.63, 3.8) is 0 Å². The van der Waals surface area contributed by atoms with Crippen molar-refractivity contribution in [1.29, 1.82) is 0 Å². The highest BCUT2D eigenvalue weighted by atomic mass is 32.2. The third-order valence-corrected chi connectivity index (χ3v) is 6.88. The number of rotatable bonds is 6. The molecule has 3 rings (SSSR count). The Kier molecular flexibility index (Phi) is 5.90. The molecule has 1 unspecified atom stereocenters. The van der Waals surface area contributed by atoms with E-state index in [4.69, 9.17) is 9.47 Å². The van der Waals surface area contributed by atoms with E-state index in [9.17, 15) is 8.42 Å². The van der Waals surface area contributed by atoms with Crippen molar-refractivity contribution < 1.29 is 17.9 Å². The zero-order valence-corrected chi connectivity index (χ0v) is 17.7. The molecule has 0 radical (unpaired) electrons. The second-order valence-electron chi connectivity index (χ2n) is 7.16. The molecule has 2 aromatic heterocycles. The molecule has 1 aliphatic heterocycles. The van der Waals surface area contributed by atoms with Gasteiger partial charge in [0, 0.05) is 24.8 Å². The molecule has 0 N–H and O–H groups in total. The van der Waals surface area contributed by atoms with Gasteiger partial charge in [0.2, 0.25) is 15.9 Å².